The fourth-order valence-corrected chi connectivity index (χ4v) is 4.09. The number of ether oxygens (including phenoxy) is 3. The summed E-state index contributed by atoms with van der Waals surface area (Å²) in [6, 6.07) is 19.5. The quantitative estimate of drug-likeness (QED) is 0.453. The van der Waals surface area contributed by atoms with Gasteiger partial charge < -0.3 is 29.7 Å². The Morgan fingerprint density at radius 2 is 1.44 bits per heavy atom. The van der Waals surface area contributed by atoms with Crippen LogP contribution in [0.1, 0.15) is 12.0 Å². The van der Waals surface area contributed by atoms with Crippen LogP contribution in [0.5, 0.6) is 17.2 Å². The van der Waals surface area contributed by atoms with E-state index in [0.29, 0.717) is 53.9 Å². The van der Waals surface area contributed by atoms with Gasteiger partial charge in [-0.1, -0.05) is 12.1 Å². The average Bonchev–Trinajstić information content (AvgIpc) is 2.89. The van der Waals surface area contributed by atoms with Crippen LogP contribution in [-0.4, -0.2) is 51.4 Å². The van der Waals surface area contributed by atoms with Gasteiger partial charge in [-0.05, 0) is 54.4 Å². The Labute approximate surface area is 210 Å². The minimum absolute atomic E-state index is 0.0963. The van der Waals surface area contributed by atoms with E-state index in [0.717, 1.165) is 12.0 Å². The predicted molar refractivity (Wildman–Crippen MR) is 139 cm³/mol. The molecule has 3 aromatic carbocycles. The molecule has 0 radical (unpaired) electrons. The maximum Gasteiger partial charge on any atom is 0.324 e. The Morgan fingerprint density at radius 3 is 2.11 bits per heavy atom. The van der Waals surface area contributed by atoms with Crippen molar-refractivity contribution in [1.82, 2.24) is 4.90 Å². The Hall–Kier alpha value is -4.40. The Kier molecular flexibility index (Phi) is 7.79. The van der Waals surface area contributed by atoms with E-state index < -0.39 is 0 Å². The largest absolute Gasteiger partial charge is 0.497 e. The normalized spacial score (nSPS) is 13.2. The van der Waals surface area contributed by atoms with Gasteiger partial charge in [-0.2, -0.15) is 0 Å². The molecule has 9 heteroatoms. The highest BCUT2D eigenvalue weighted by Gasteiger charge is 2.27. The first-order valence-electron chi connectivity index (χ1n) is 11.6. The van der Waals surface area contributed by atoms with Gasteiger partial charge in [0.2, 0.25) is 0 Å². The zero-order valence-electron chi connectivity index (χ0n) is 20.6. The third kappa shape index (κ3) is 5.99. The van der Waals surface area contributed by atoms with Crippen LogP contribution in [0.25, 0.3) is 0 Å². The fraction of sp³-hybridized carbons (Fsp3) is 0.259. The highest BCUT2D eigenvalue weighted by molar-refractivity contribution is 6.00. The number of carbonyl (C=O) groups excluding carboxylic acids is 2. The van der Waals surface area contributed by atoms with Crippen LogP contribution in [0.15, 0.2) is 66.7 Å². The molecule has 0 saturated carbocycles. The van der Waals surface area contributed by atoms with Crippen LogP contribution >= 0.6 is 0 Å². The molecule has 4 amide bonds. The van der Waals surface area contributed by atoms with Crippen molar-refractivity contribution in [3.05, 3.63) is 72.3 Å². The van der Waals surface area contributed by atoms with E-state index in [9.17, 15) is 9.59 Å². The number of anilines is 3. The molecule has 0 unspecified atom stereocenters. The molecule has 0 spiro atoms. The van der Waals surface area contributed by atoms with Gasteiger partial charge in [0.05, 0.1) is 21.3 Å². The molecule has 1 aliphatic rings. The predicted octanol–water partition coefficient (Wildman–Crippen LogP) is 5.19. The van der Waals surface area contributed by atoms with Crippen LogP contribution in [-0.2, 0) is 6.54 Å². The number of methoxy groups -OCH3 is 3. The van der Waals surface area contributed by atoms with Crippen molar-refractivity contribution in [3.63, 3.8) is 0 Å². The van der Waals surface area contributed by atoms with E-state index in [2.05, 4.69) is 10.6 Å². The van der Waals surface area contributed by atoms with E-state index in [-0.39, 0.29) is 12.1 Å². The van der Waals surface area contributed by atoms with Crippen LogP contribution in [0.4, 0.5) is 26.7 Å². The summed E-state index contributed by atoms with van der Waals surface area (Å²) in [5.41, 5.74) is 2.83. The molecule has 1 heterocycles. The van der Waals surface area contributed by atoms with E-state index in [1.807, 2.05) is 24.3 Å². The topological polar surface area (TPSA) is 92.4 Å². The SMILES string of the molecule is COc1cccc(NC(=O)Nc2cccc(N3CCCN(Cc4cc(OC)cc(OC)c4)C3=O)c2)c1. The third-order valence-electron chi connectivity index (χ3n) is 5.84. The lowest BCUT2D eigenvalue weighted by Gasteiger charge is -2.36. The van der Waals surface area contributed by atoms with Crippen molar-refractivity contribution in [1.29, 1.82) is 0 Å². The molecule has 36 heavy (non-hydrogen) atoms. The molecular weight excluding hydrogens is 460 g/mol. The number of amides is 4. The number of hydrogen-bond donors (Lipinski definition) is 2. The number of nitrogens with one attached hydrogen (secondary N) is 2. The lowest BCUT2D eigenvalue weighted by Crippen LogP contribution is -2.49. The monoisotopic (exact) mass is 490 g/mol. The lowest BCUT2D eigenvalue weighted by molar-refractivity contribution is 0.192. The molecule has 2 N–H and O–H groups in total. The lowest BCUT2D eigenvalue weighted by atomic mass is 10.1. The highest BCUT2D eigenvalue weighted by Crippen LogP contribution is 2.27. The molecule has 0 atom stereocenters. The van der Waals surface area contributed by atoms with Gasteiger partial charge in [0, 0.05) is 48.8 Å². The summed E-state index contributed by atoms with van der Waals surface area (Å²) in [5.74, 6) is 2.00. The summed E-state index contributed by atoms with van der Waals surface area (Å²) in [6.07, 6.45) is 0.820. The number of nitrogens with zero attached hydrogens (tertiary/aromatic N) is 2. The first-order valence-corrected chi connectivity index (χ1v) is 11.6. The second-order valence-corrected chi connectivity index (χ2v) is 8.29. The molecule has 1 aliphatic heterocycles. The fourth-order valence-electron chi connectivity index (χ4n) is 4.09. The Bertz CT molecular complexity index is 1210. The van der Waals surface area contributed by atoms with E-state index >= 15 is 0 Å². The summed E-state index contributed by atoms with van der Waals surface area (Å²) in [6.45, 7) is 1.68. The van der Waals surface area contributed by atoms with Gasteiger partial charge in [-0.25, -0.2) is 9.59 Å². The molecule has 0 aliphatic carbocycles. The Morgan fingerprint density at radius 1 is 0.806 bits per heavy atom. The average molecular weight is 491 g/mol. The van der Waals surface area contributed by atoms with Gasteiger partial charge >= 0.3 is 12.1 Å². The summed E-state index contributed by atoms with van der Waals surface area (Å²) in [4.78, 5) is 29.4. The molecule has 0 bridgehead atoms. The van der Waals surface area contributed by atoms with Gasteiger partial charge in [-0.15, -0.1) is 0 Å². The van der Waals surface area contributed by atoms with E-state index in [4.69, 9.17) is 14.2 Å². The number of rotatable bonds is 8. The van der Waals surface area contributed by atoms with Crippen molar-refractivity contribution in [3.8, 4) is 17.2 Å². The molecule has 9 nitrogen and oxygen atoms in total. The smallest absolute Gasteiger partial charge is 0.324 e. The number of benzene rings is 3. The number of hydrogen-bond acceptors (Lipinski definition) is 5. The molecule has 4 rings (SSSR count). The Balaban J connectivity index is 1.44. The summed E-state index contributed by atoms with van der Waals surface area (Å²) < 4.78 is 15.9. The van der Waals surface area contributed by atoms with Gasteiger partial charge in [-0.3, -0.25) is 4.90 Å². The number of carbonyl (C=O) groups is 2. The maximum absolute atomic E-state index is 13.4. The van der Waals surface area contributed by atoms with Crippen LogP contribution in [0, 0.1) is 0 Å². The molecule has 1 saturated heterocycles. The van der Waals surface area contributed by atoms with Crippen molar-refractivity contribution in [2.75, 3.05) is 50.0 Å². The number of urea groups is 2. The van der Waals surface area contributed by atoms with Gasteiger partial charge in [0.15, 0.2) is 0 Å². The molecule has 1 fully saturated rings. The van der Waals surface area contributed by atoms with Crippen LogP contribution < -0.4 is 29.7 Å². The van der Waals surface area contributed by atoms with Crippen LogP contribution in [0.3, 0.4) is 0 Å². The summed E-state index contributed by atoms with van der Waals surface area (Å²) in [7, 11) is 4.77. The molecule has 188 valence electrons. The van der Waals surface area contributed by atoms with Crippen LogP contribution in [0.2, 0.25) is 0 Å². The summed E-state index contributed by atoms with van der Waals surface area (Å²) >= 11 is 0. The minimum atomic E-state index is -0.390. The maximum atomic E-state index is 13.4. The zero-order chi connectivity index (χ0) is 25.5. The third-order valence-corrected chi connectivity index (χ3v) is 5.84. The highest BCUT2D eigenvalue weighted by atomic mass is 16.5. The summed E-state index contributed by atoms with van der Waals surface area (Å²) in [5, 5.41) is 5.61. The standard InChI is InChI=1S/C27H30N4O5/c1-34-23-10-5-8-21(16-23)29-26(32)28-20-7-4-9-22(15-20)31-12-6-11-30(27(31)33)18-19-13-24(35-2)17-25(14-19)36-3/h4-5,7-10,13-17H,6,11-12,18H2,1-3H3,(H2,28,29,32). The van der Waals surface area contributed by atoms with Crippen molar-refractivity contribution < 1.29 is 23.8 Å². The van der Waals surface area contributed by atoms with Crippen molar-refractivity contribution >= 4 is 29.1 Å². The first-order chi connectivity index (χ1) is 17.5. The minimum Gasteiger partial charge on any atom is -0.497 e. The van der Waals surface area contributed by atoms with Crippen molar-refractivity contribution in [2.24, 2.45) is 0 Å². The second-order valence-electron chi connectivity index (χ2n) is 8.29. The van der Waals surface area contributed by atoms with Gasteiger partial charge in [0.1, 0.15) is 17.2 Å². The molecule has 0 aromatic heterocycles. The van der Waals surface area contributed by atoms with Crippen molar-refractivity contribution in [2.45, 2.75) is 13.0 Å². The van der Waals surface area contributed by atoms with E-state index in [1.54, 1.807) is 73.6 Å². The van der Waals surface area contributed by atoms with E-state index in [1.165, 1.54) is 0 Å². The second kappa shape index (κ2) is 11.4. The first kappa shape index (κ1) is 24.7. The molecular formula is C27H30N4O5. The van der Waals surface area contributed by atoms with Gasteiger partial charge in [0.25, 0.3) is 0 Å². The zero-order valence-corrected chi connectivity index (χ0v) is 20.6. The molecule has 3 aromatic rings.